The molecule has 40 heavy (non-hydrogen) atoms. The average Bonchev–Trinajstić information content (AvgIpc) is 3.24. The summed E-state index contributed by atoms with van der Waals surface area (Å²) < 4.78 is 11.0. The van der Waals surface area contributed by atoms with Gasteiger partial charge in [0.05, 0.1) is 0 Å². The number of nitrogens with zero attached hydrogens (tertiary/aromatic N) is 5. The first-order valence-corrected chi connectivity index (χ1v) is 13.0. The monoisotopic (exact) mass is 552 g/mol. The SMILES string of the molecule is C=CC[C@H]1CN(c2c(N(C)CCNC(=O)OC(C)(C)C)c(=O)c2=O)C[C@@]1(N=[N+]=[N-])C(=O)O[C@H](C)c1ccccc1. The number of rotatable bonds is 11. The van der Waals surface area contributed by atoms with Gasteiger partial charge in [-0.15, -0.1) is 6.58 Å². The number of ether oxygens (including phenoxy) is 2. The first-order chi connectivity index (χ1) is 18.8. The number of hydrogen-bond acceptors (Lipinski definition) is 9. The number of allylic oxidation sites excluding steroid dienone is 1. The molecule has 0 aromatic heterocycles. The molecule has 214 valence electrons. The molecule has 12 nitrogen and oxygen atoms in total. The Kier molecular flexibility index (Phi) is 9.26. The molecule has 1 heterocycles. The van der Waals surface area contributed by atoms with Crippen molar-refractivity contribution in [3.63, 3.8) is 0 Å². The van der Waals surface area contributed by atoms with Crippen molar-refractivity contribution in [1.82, 2.24) is 5.32 Å². The summed E-state index contributed by atoms with van der Waals surface area (Å²) in [6, 6.07) is 9.15. The fourth-order valence-corrected chi connectivity index (χ4v) is 4.83. The van der Waals surface area contributed by atoms with E-state index in [9.17, 15) is 24.7 Å². The zero-order chi connectivity index (χ0) is 29.7. The first-order valence-electron chi connectivity index (χ1n) is 13.0. The molecule has 1 aliphatic heterocycles. The Morgan fingerprint density at radius 2 is 1.98 bits per heavy atom. The third kappa shape index (κ3) is 6.45. The van der Waals surface area contributed by atoms with Crippen LogP contribution < -0.4 is 26.0 Å². The molecule has 1 aliphatic rings. The second kappa shape index (κ2) is 12.3. The van der Waals surface area contributed by atoms with Crippen LogP contribution in [0.3, 0.4) is 0 Å². The fourth-order valence-electron chi connectivity index (χ4n) is 4.83. The molecular weight excluding hydrogens is 516 g/mol. The maximum Gasteiger partial charge on any atom is 0.407 e. The van der Waals surface area contributed by atoms with Gasteiger partial charge in [0.25, 0.3) is 10.9 Å². The highest BCUT2D eigenvalue weighted by Gasteiger charge is 2.54. The van der Waals surface area contributed by atoms with Crippen molar-refractivity contribution in [2.24, 2.45) is 11.0 Å². The van der Waals surface area contributed by atoms with Gasteiger partial charge in [-0.3, -0.25) is 14.4 Å². The van der Waals surface area contributed by atoms with Crippen molar-refractivity contribution >= 4 is 23.4 Å². The highest BCUT2D eigenvalue weighted by atomic mass is 16.6. The number of amides is 1. The number of anilines is 2. The topological polar surface area (TPSA) is 154 Å². The molecule has 3 rings (SSSR count). The number of benzene rings is 1. The van der Waals surface area contributed by atoms with Crippen LogP contribution in [-0.2, 0) is 14.3 Å². The van der Waals surface area contributed by atoms with Crippen LogP contribution in [0.1, 0.15) is 45.8 Å². The number of carbonyl (C=O) groups excluding carboxylic acids is 2. The standard InChI is InChI=1S/C28H36N6O6/c1-7-11-20-16-34(17-28(20,31-32-29)25(37)39-18(2)19-12-9-8-10-13-19)22-21(23(35)24(22)36)33(6)15-14-30-26(38)40-27(3,4)5/h7-10,12-13,18,20H,1,11,14-17H2,2-6H3,(H,30,38)/t18-,20+,28+/m1/s1. The van der Waals surface area contributed by atoms with Gasteiger partial charge in [-0.1, -0.05) is 41.5 Å². The molecule has 12 heteroatoms. The minimum atomic E-state index is -1.64. The lowest BCUT2D eigenvalue weighted by atomic mass is 9.85. The Bertz CT molecular complexity index is 1360. The van der Waals surface area contributed by atoms with Gasteiger partial charge >= 0.3 is 12.1 Å². The number of azide groups is 1. The molecule has 0 spiro atoms. The van der Waals surface area contributed by atoms with E-state index in [0.717, 1.165) is 5.56 Å². The summed E-state index contributed by atoms with van der Waals surface area (Å²) in [4.78, 5) is 57.1. The average molecular weight is 553 g/mol. The van der Waals surface area contributed by atoms with Crippen LogP contribution in [0, 0.1) is 5.92 Å². The Hall–Kier alpha value is -4.31. The number of alkyl carbamates (subject to hydrolysis) is 1. The fraction of sp³-hybridized carbons (Fsp3) is 0.500. The van der Waals surface area contributed by atoms with E-state index in [1.807, 2.05) is 30.3 Å². The Labute approximate surface area is 232 Å². The van der Waals surface area contributed by atoms with Gasteiger partial charge in [-0.2, -0.15) is 0 Å². The minimum Gasteiger partial charge on any atom is -0.457 e. The Morgan fingerprint density at radius 1 is 1.30 bits per heavy atom. The van der Waals surface area contributed by atoms with Crippen LogP contribution in [0.2, 0.25) is 0 Å². The van der Waals surface area contributed by atoms with Crippen molar-refractivity contribution in [3.05, 3.63) is 79.4 Å². The summed E-state index contributed by atoms with van der Waals surface area (Å²) in [6.07, 6.45) is 0.717. The molecule has 2 aromatic rings. The number of esters is 1. The van der Waals surface area contributed by atoms with E-state index in [0.29, 0.717) is 6.42 Å². The maximum absolute atomic E-state index is 13.6. The lowest BCUT2D eigenvalue weighted by Gasteiger charge is -2.30. The maximum atomic E-state index is 13.6. The van der Waals surface area contributed by atoms with Crippen molar-refractivity contribution < 1.29 is 19.1 Å². The smallest absolute Gasteiger partial charge is 0.407 e. The van der Waals surface area contributed by atoms with Crippen LogP contribution in [-0.4, -0.2) is 56.4 Å². The van der Waals surface area contributed by atoms with Gasteiger partial charge in [0.2, 0.25) is 0 Å². The molecule has 0 radical (unpaired) electrons. The second-order valence-electron chi connectivity index (χ2n) is 10.9. The highest BCUT2D eigenvalue weighted by Crippen LogP contribution is 2.40. The molecular formula is C28H36N6O6. The number of nitrogens with one attached hydrogen (secondary N) is 1. The molecule has 1 saturated heterocycles. The summed E-state index contributed by atoms with van der Waals surface area (Å²) >= 11 is 0. The lowest BCUT2D eigenvalue weighted by molar-refractivity contribution is -0.156. The van der Waals surface area contributed by atoms with Crippen LogP contribution in [0.15, 0.2) is 57.7 Å². The normalized spacial score (nSPS) is 19.4. The third-order valence-electron chi connectivity index (χ3n) is 6.80. The van der Waals surface area contributed by atoms with E-state index in [2.05, 4.69) is 21.9 Å². The van der Waals surface area contributed by atoms with Gasteiger partial charge in [0, 0.05) is 44.1 Å². The summed E-state index contributed by atoms with van der Waals surface area (Å²) in [5, 5.41) is 6.55. The molecule has 3 atom stereocenters. The molecule has 0 saturated carbocycles. The second-order valence-corrected chi connectivity index (χ2v) is 10.9. The predicted octanol–water partition coefficient (Wildman–Crippen LogP) is 3.61. The molecule has 1 amide bonds. The summed E-state index contributed by atoms with van der Waals surface area (Å²) in [6.45, 7) is 11.2. The van der Waals surface area contributed by atoms with Gasteiger partial charge in [-0.25, -0.2) is 4.79 Å². The molecule has 0 unspecified atom stereocenters. The first kappa shape index (κ1) is 30.2. The zero-order valence-electron chi connectivity index (χ0n) is 23.5. The minimum absolute atomic E-state index is 0.137. The van der Waals surface area contributed by atoms with Crippen molar-refractivity contribution in [2.45, 2.75) is 51.4 Å². The Balaban J connectivity index is 1.83. The zero-order valence-corrected chi connectivity index (χ0v) is 23.5. The van der Waals surface area contributed by atoms with Crippen LogP contribution in [0.25, 0.3) is 10.4 Å². The van der Waals surface area contributed by atoms with Crippen LogP contribution >= 0.6 is 0 Å². The summed E-state index contributed by atoms with van der Waals surface area (Å²) in [7, 11) is 1.63. The predicted molar refractivity (Wildman–Crippen MR) is 152 cm³/mol. The quantitative estimate of drug-likeness (QED) is 0.111. The molecule has 1 N–H and O–H groups in total. The molecule has 1 fully saturated rings. The number of likely N-dealkylation sites (N-methyl/N-ethyl adjacent to an activating group) is 1. The lowest BCUT2D eigenvalue weighted by Crippen LogP contribution is -2.49. The highest BCUT2D eigenvalue weighted by molar-refractivity contribution is 5.86. The number of hydrogen-bond donors (Lipinski definition) is 1. The van der Waals surface area contributed by atoms with Gasteiger partial charge in [0.1, 0.15) is 23.1 Å². The van der Waals surface area contributed by atoms with E-state index < -0.39 is 46.1 Å². The Morgan fingerprint density at radius 3 is 2.58 bits per heavy atom. The van der Waals surface area contributed by atoms with E-state index in [-0.39, 0.29) is 37.6 Å². The van der Waals surface area contributed by atoms with Crippen molar-refractivity contribution in [3.8, 4) is 0 Å². The van der Waals surface area contributed by atoms with E-state index in [4.69, 9.17) is 9.47 Å². The molecule has 0 bridgehead atoms. The van der Waals surface area contributed by atoms with E-state index >= 15 is 0 Å². The van der Waals surface area contributed by atoms with Crippen molar-refractivity contribution in [2.75, 3.05) is 43.0 Å². The van der Waals surface area contributed by atoms with Crippen molar-refractivity contribution in [1.29, 1.82) is 0 Å². The number of carbonyl (C=O) groups is 2. The largest absolute Gasteiger partial charge is 0.457 e. The van der Waals surface area contributed by atoms with E-state index in [1.165, 1.54) is 0 Å². The summed E-state index contributed by atoms with van der Waals surface area (Å²) in [5.74, 6) is -1.26. The van der Waals surface area contributed by atoms with E-state index in [1.54, 1.807) is 50.6 Å². The van der Waals surface area contributed by atoms with Gasteiger partial charge in [-0.05, 0) is 45.2 Å². The third-order valence-corrected chi connectivity index (χ3v) is 6.80. The summed E-state index contributed by atoms with van der Waals surface area (Å²) in [5.41, 5.74) is 6.86. The molecule has 2 aromatic carbocycles. The van der Waals surface area contributed by atoms with Crippen LogP contribution in [0.5, 0.6) is 0 Å². The van der Waals surface area contributed by atoms with Crippen LogP contribution in [0.4, 0.5) is 16.2 Å². The van der Waals surface area contributed by atoms with Gasteiger partial charge < -0.3 is 24.6 Å². The molecule has 0 aliphatic carbocycles. The van der Waals surface area contributed by atoms with Gasteiger partial charge in [0.15, 0.2) is 5.54 Å².